The highest BCUT2D eigenvalue weighted by Crippen LogP contribution is 2.37. The molecule has 0 spiro atoms. The summed E-state index contributed by atoms with van der Waals surface area (Å²) in [4.78, 5) is 9.55. The second-order valence-corrected chi connectivity index (χ2v) is 9.47. The minimum atomic E-state index is -3.93. The SMILES string of the molecule is Cc1ccc(-n2c(N)c(S(=O)(=O)c3ccc(C)cc3)c3nc4ccccc4nc32)cc1. The monoisotopic (exact) mass is 428 g/mol. The quantitative estimate of drug-likeness (QED) is 0.453. The molecule has 0 unspecified atom stereocenters. The molecule has 0 amide bonds. The Labute approximate surface area is 179 Å². The summed E-state index contributed by atoms with van der Waals surface area (Å²) >= 11 is 0. The minimum Gasteiger partial charge on any atom is -0.384 e. The number of sulfone groups is 1. The van der Waals surface area contributed by atoms with Crippen LogP contribution in [0.4, 0.5) is 5.82 Å². The van der Waals surface area contributed by atoms with Gasteiger partial charge in [-0.25, -0.2) is 18.4 Å². The summed E-state index contributed by atoms with van der Waals surface area (Å²) in [7, 11) is -3.93. The van der Waals surface area contributed by atoms with Crippen LogP contribution < -0.4 is 5.73 Å². The lowest BCUT2D eigenvalue weighted by atomic mass is 10.2. The number of aryl methyl sites for hydroxylation is 2. The van der Waals surface area contributed by atoms with Crippen molar-refractivity contribution in [3.05, 3.63) is 83.9 Å². The fraction of sp³-hybridized carbons (Fsp3) is 0.0833. The first-order chi connectivity index (χ1) is 14.9. The van der Waals surface area contributed by atoms with Crippen LogP contribution in [-0.2, 0) is 9.84 Å². The third-order valence-corrected chi connectivity index (χ3v) is 7.18. The Kier molecular flexibility index (Phi) is 4.30. The molecular formula is C24H20N4O2S. The van der Waals surface area contributed by atoms with E-state index in [0.717, 1.165) is 16.8 Å². The van der Waals surface area contributed by atoms with Gasteiger partial charge in [0, 0.05) is 5.69 Å². The highest BCUT2D eigenvalue weighted by atomic mass is 32.2. The van der Waals surface area contributed by atoms with Crippen molar-refractivity contribution in [2.75, 3.05) is 5.73 Å². The highest BCUT2D eigenvalue weighted by molar-refractivity contribution is 7.92. The summed E-state index contributed by atoms with van der Waals surface area (Å²) in [5.41, 5.74) is 11.2. The van der Waals surface area contributed by atoms with E-state index in [2.05, 4.69) is 4.98 Å². The Morgan fingerprint density at radius 3 is 1.94 bits per heavy atom. The van der Waals surface area contributed by atoms with Crippen LogP contribution >= 0.6 is 0 Å². The van der Waals surface area contributed by atoms with Gasteiger partial charge >= 0.3 is 0 Å². The van der Waals surface area contributed by atoms with Crippen LogP contribution in [0.2, 0.25) is 0 Å². The van der Waals surface area contributed by atoms with Crippen molar-refractivity contribution in [3.8, 4) is 5.69 Å². The Balaban J connectivity index is 1.90. The maximum Gasteiger partial charge on any atom is 0.212 e. The second kappa shape index (κ2) is 6.92. The Hall–Kier alpha value is -3.71. The maximum absolute atomic E-state index is 13.7. The number of nitrogens with two attached hydrogens (primary N) is 1. The highest BCUT2D eigenvalue weighted by Gasteiger charge is 2.30. The number of hydrogen-bond acceptors (Lipinski definition) is 5. The van der Waals surface area contributed by atoms with E-state index < -0.39 is 9.84 Å². The Morgan fingerprint density at radius 1 is 0.774 bits per heavy atom. The predicted octanol–water partition coefficient (Wildman–Crippen LogP) is 4.61. The number of nitrogen functional groups attached to an aromatic ring is 1. The van der Waals surface area contributed by atoms with Crippen molar-refractivity contribution in [1.29, 1.82) is 0 Å². The van der Waals surface area contributed by atoms with Gasteiger partial charge in [0.15, 0.2) is 5.65 Å². The van der Waals surface area contributed by atoms with E-state index in [1.807, 2.05) is 62.4 Å². The molecule has 0 saturated heterocycles. The summed E-state index contributed by atoms with van der Waals surface area (Å²) in [6.07, 6.45) is 0. The van der Waals surface area contributed by atoms with Crippen LogP contribution in [0.5, 0.6) is 0 Å². The van der Waals surface area contributed by atoms with E-state index in [-0.39, 0.29) is 21.1 Å². The van der Waals surface area contributed by atoms with Gasteiger partial charge in [-0.15, -0.1) is 0 Å². The summed E-state index contributed by atoms with van der Waals surface area (Å²) in [6, 6.07) is 21.8. The van der Waals surface area contributed by atoms with E-state index >= 15 is 0 Å². The standard InChI is InChI=1S/C24H20N4O2S/c1-15-7-11-17(12-8-15)28-23(25)22(31(29,30)18-13-9-16(2)10-14-18)21-24(28)27-20-6-4-3-5-19(20)26-21/h3-14H,25H2,1-2H3. The van der Waals surface area contributed by atoms with E-state index in [0.29, 0.717) is 16.7 Å². The van der Waals surface area contributed by atoms with Crippen LogP contribution in [0.3, 0.4) is 0 Å². The van der Waals surface area contributed by atoms with Crippen LogP contribution in [0.15, 0.2) is 82.6 Å². The zero-order valence-electron chi connectivity index (χ0n) is 17.1. The molecule has 0 saturated carbocycles. The third kappa shape index (κ3) is 3.05. The molecule has 2 N–H and O–H groups in total. The number of fused-ring (bicyclic) bond motifs is 2. The van der Waals surface area contributed by atoms with E-state index in [1.54, 1.807) is 28.8 Å². The second-order valence-electron chi connectivity index (χ2n) is 7.59. The molecule has 0 atom stereocenters. The molecule has 5 aromatic rings. The average molecular weight is 429 g/mol. The fourth-order valence-corrected chi connectivity index (χ4v) is 5.18. The normalized spacial score (nSPS) is 11.9. The molecule has 0 bridgehead atoms. The topological polar surface area (TPSA) is 90.9 Å². The number of hydrogen-bond donors (Lipinski definition) is 1. The zero-order valence-corrected chi connectivity index (χ0v) is 17.9. The van der Waals surface area contributed by atoms with Gasteiger partial charge in [-0.05, 0) is 50.2 Å². The summed E-state index contributed by atoms with van der Waals surface area (Å²) in [6.45, 7) is 3.90. The fourth-order valence-electron chi connectivity index (χ4n) is 3.69. The first kappa shape index (κ1) is 19.3. The maximum atomic E-state index is 13.7. The zero-order chi connectivity index (χ0) is 21.8. The summed E-state index contributed by atoms with van der Waals surface area (Å²) < 4.78 is 29.0. The smallest absolute Gasteiger partial charge is 0.212 e. The van der Waals surface area contributed by atoms with Gasteiger partial charge in [0.25, 0.3) is 0 Å². The minimum absolute atomic E-state index is 0.0230. The van der Waals surface area contributed by atoms with Crippen molar-refractivity contribution < 1.29 is 8.42 Å². The van der Waals surface area contributed by atoms with E-state index in [9.17, 15) is 8.42 Å². The molecule has 2 heterocycles. The predicted molar refractivity (Wildman–Crippen MR) is 122 cm³/mol. The van der Waals surface area contributed by atoms with E-state index in [1.165, 1.54) is 0 Å². The Bertz CT molecular complexity index is 1550. The van der Waals surface area contributed by atoms with Crippen molar-refractivity contribution >= 4 is 37.9 Å². The molecule has 3 aromatic carbocycles. The van der Waals surface area contributed by atoms with Crippen LogP contribution in [0.25, 0.3) is 27.9 Å². The number of rotatable bonds is 3. The average Bonchev–Trinajstić information content (AvgIpc) is 3.04. The Morgan fingerprint density at radius 2 is 1.32 bits per heavy atom. The molecule has 31 heavy (non-hydrogen) atoms. The molecule has 5 rings (SSSR count). The number of nitrogens with zero attached hydrogens (tertiary/aromatic N) is 3. The van der Waals surface area contributed by atoms with Gasteiger partial charge in [-0.1, -0.05) is 47.5 Å². The summed E-state index contributed by atoms with van der Waals surface area (Å²) in [5, 5.41) is 0. The molecule has 154 valence electrons. The summed E-state index contributed by atoms with van der Waals surface area (Å²) in [5.74, 6) is 0.0923. The molecule has 7 heteroatoms. The largest absolute Gasteiger partial charge is 0.384 e. The molecule has 0 aliphatic rings. The van der Waals surface area contributed by atoms with E-state index in [4.69, 9.17) is 10.7 Å². The van der Waals surface area contributed by atoms with Gasteiger partial charge in [0.2, 0.25) is 9.84 Å². The first-order valence-corrected chi connectivity index (χ1v) is 11.3. The van der Waals surface area contributed by atoms with Crippen LogP contribution in [-0.4, -0.2) is 23.0 Å². The van der Waals surface area contributed by atoms with Crippen molar-refractivity contribution in [1.82, 2.24) is 14.5 Å². The van der Waals surface area contributed by atoms with Gasteiger partial charge in [-0.2, -0.15) is 0 Å². The van der Waals surface area contributed by atoms with Crippen molar-refractivity contribution in [2.45, 2.75) is 23.6 Å². The molecule has 2 aromatic heterocycles. The molecule has 0 fully saturated rings. The molecule has 0 aliphatic heterocycles. The van der Waals surface area contributed by atoms with Gasteiger partial charge in [-0.3, -0.25) is 4.57 Å². The number of para-hydroxylation sites is 2. The first-order valence-electron chi connectivity index (χ1n) is 9.82. The number of aromatic nitrogens is 3. The van der Waals surface area contributed by atoms with Crippen LogP contribution in [0.1, 0.15) is 11.1 Å². The van der Waals surface area contributed by atoms with Gasteiger partial charge < -0.3 is 5.73 Å². The molecular weight excluding hydrogens is 408 g/mol. The third-order valence-electron chi connectivity index (χ3n) is 5.34. The lowest BCUT2D eigenvalue weighted by Crippen LogP contribution is -2.07. The van der Waals surface area contributed by atoms with Crippen molar-refractivity contribution in [3.63, 3.8) is 0 Å². The molecule has 0 radical (unpaired) electrons. The van der Waals surface area contributed by atoms with Gasteiger partial charge in [0.05, 0.1) is 15.9 Å². The molecule has 0 aliphatic carbocycles. The lowest BCUT2D eigenvalue weighted by molar-refractivity contribution is 0.597. The van der Waals surface area contributed by atoms with Crippen LogP contribution in [0, 0.1) is 13.8 Å². The molecule has 6 nitrogen and oxygen atoms in total. The number of benzene rings is 3. The lowest BCUT2D eigenvalue weighted by Gasteiger charge is -2.09. The number of anilines is 1. The van der Waals surface area contributed by atoms with Crippen molar-refractivity contribution in [2.24, 2.45) is 0 Å². The van der Waals surface area contributed by atoms with Gasteiger partial charge in [0.1, 0.15) is 16.2 Å².